The lowest BCUT2D eigenvalue weighted by Crippen LogP contribution is -2.31. The summed E-state index contributed by atoms with van der Waals surface area (Å²) in [5.41, 5.74) is 4.34. The lowest BCUT2D eigenvalue weighted by atomic mass is 9.90. The van der Waals surface area contributed by atoms with E-state index in [1.165, 1.54) is 16.7 Å². The molecule has 0 aromatic carbocycles. The van der Waals surface area contributed by atoms with Crippen LogP contribution in [0.1, 0.15) is 32.6 Å². The van der Waals surface area contributed by atoms with Crippen molar-refractivity contribution in [2.75, 3.05) is 25.4 Å². The molecule has 0 unspecified atom stereocenters. The van der Waals surface area contributed by atoms with Gasteiger partial charge in [-0.25, -0.2) is 0 Å². The smallest absolute Gasteiger partial charge is 0.264 e. The van der Waals surface area contributed by atoms with Crippen LogP contribution in [-0.2, 0) is 10.1 Å². The normalized spacial score (nSPS) is 21.2. The Kier molecular flexibility index (Phi) is 5.18. The van der Waals surface area contributed by atoms with Gasteiger partial charge < -0.3 is 0 Å². The first kappa shape index (κ1) is 15.5. The van der Waals surface area contributed by atoms with Gasteiger partial charge >= 0.3 is 0 Å². The van der Waals surface area contributed by atoms with E-state index in [-0.39, 0.29) is 5.75 Å². The fourth-order valence-corrected chi connectivity index (χ4v) is 3.18. The van der Waals surface area contributed by atoms with E-state index in [1.807, 2.05) is 0 Å². The van der Waals surface area contributed by atoms with Gasteiger partial charge in [0.15, 0.2) is 0 Å². The van der Waals surface area contributed by atoms with Crippen LogP contribution in [-0.4, -0.2) is 43.3 Å². The molecule has 0 saturated heterocycles. The summed E-state index contributed by atoms with van der Waals surface area (Å²) in [5.74, 6) is -0.144. The number of hydrogen-bond acceptors (Lipinski definition) is 3. The highest BCUT2D eigenvalue weighted by molar-refractivity contribution is 7.85. The molecular formula is C15H23NO3S. The van der Waals surface area contributed by atoms with Crippen molar-refractivity contribution in [3.63, 3.8) is 0 Å². The first-order valence-electron chi connectivity index (χ1n) is 7.17. The van der Waals surface area contributed by atoms with Crippen LogP contribution in [0.15, 0.2) is 34.9 Å². The predicted molar refractivity (Wildman–Crippen MR) is 81.2 cm³/mol. The van der Waals surface area contributed by atoms with Crippen LogP contribution in [0.4, 0.5) is 0 Å². The van der Waals surface area contributed by atoms with Gasteiger partial charge in [-0.15, -0.1) is 0 Å². The van der Waals surface area contributed by atoms with Crippen molar-refractivity contribution >= 4 is 10.1 Å². The average Bonchev–Trinajstić information content (AvgIpc) is 2.39. The van der Waals surface area contributed by atoms with Crippen LogP contribution in [0.2, 0.25) is 0 Å². The molecule has 0 radical (unpaired) electrons. The standard InChI is InChI=1S/C15H23NO3S/c1-13-3-5-14(6-4-13)15-7-10-16(11-8-15)9-2-12-20(17,18)19/h3,5,7H,2,4,6,8-12H2,1H3,(H,17,18,19). The van der Waals surface area contributed by atoms with Gasteiger partial charge in [-0.2, -0.15) is 8.42 Å². The first-order chi connectivity index (χ1) is 9.44. The Hall–Kier alpha value is -0.910. The molecule has 1 N–H and O–H groups in total. The van der Waals surface area contributed by atoms with E-state index in [9.17, 15) is 8.42 Å². The summed E-state index contributed by atoms with van der Waals surface area (Å²) in [7, 11) is -3.82. The van der Waals surface area contributed by atoms with E-state index < -0.39 is 10.1 Å². The van der Waals surface area contributed by atoms with Crippen LogP contribution in [0.5, 0.6) is 0 Å². The molecule has 0 aromatic heterocycles. The highest BCUT2D eigenvalue weighted by Gasteiger charge is 2.16. The summed E-state index contributed by atoms with van der Waals surface area (Å²) < 4.78 is 30.0. The molecule has 1 aliphatic carbocycles. The lowest BCUT2D eigenvalue weighted by Gasteiger charge is -2.27. The molecule has 0 saturated carbocycles. The average molecular weight is 297 g/mol. The molecule has 0 atom stereocenters. The topological polar surface area (TPSA) is 57.6 Å². The maximum absolute atomic E-state index is 10.7. The zero-order valence-electron chi connectivity index (χ0n) is 12.0. The Labute approximate surface area is 121 Å². The number of hydrogen-bond donors (Lipinski definition) is 1. The Morgan fingerprint density at radius 2 is 2.00 bits per heavy atom. The zero-order chi connectivity index (χ0) is 14.6. The predicted octanol–water partition coefficient (Wildman–Crippen LogP) is 2.56. The second kappa shape index (κ2) is 6.70. The number of allylic oxidation sites excluding steroid dienone is 4. The molecule has 0 aromatic rings. The van der Waals surface area contributed by atoms with Crippen molar-refractivity contribution < 1.29 is 13.0 Å². The third-order valence-electron chi connectivity index (χ3n) is 3.94. The Morgan fingerprint density at radius 1 is 1.20 bits per heavy atom. The van der Waals surface area contributed by atoms with E-state index in [0.717, 1.165) is 38.9 Å². The molecular weight excluding hydrogens is 274 g/mol. The third kappa shape index (κ3) is 4.89. The minimum atomic E-state index is -3.82. The molecule has 0 amide bonds. The molecule has 2 aliphatic rings. The molecule has 0 fully saturated rings. The molecule has 4 nitrogen and oxygen atoms in total. The molecule has 20 heavy (non-hydrogen) atoms. The van der Waals surface area contributed by atoms with E-state index >= 15 is 0 Å². The third-order valence-corrected chi connectivity index (χ3v) is 4.74. The van der Waals surface area contributed by atoms with E-state index in [0.29, 0.717) is 6.42 Å². The molecule has 0 spiro atoms. The van der Waals surface area contributed by atoms with Crippen molar-refractivity contribution in [3.05, 3.63) is 34.9 Å². The molecule has 112 valence electrons. The lowest BCUT2D eigenvalue weighted by molar-refractivity contribution is 0.294. The highest BCUT2D eigenvalue weighted by Crippen LogP contribution is 2.27. The monoisotopic (exact) mass is 297 g/mol. The maximum atomic E-state index is 10.7. The summed E-state index contributed by atoms with van der Waals surface area (Å²) in [5, 5.41) is 0. The fraction of sp³-hybridized carbons (Fsp3) is 0.600. The Morgan fingerprint density at radius 3 is 2.55 bits per heavy atom. The van der Waals surface area contributed by atoms with Crippen LogP contribution in [0.3, 0.4) is 0 Å². The SMILES string of the molecule is CC1=CC=C(C2=CCN(CCCS(=O)(=O)O)CC2)CC1. The minimum Gasteiger partial charge on any atom is -0.299 e. The fourth-order valence-electron chi connectivity index (χ4n) is 2.69. The molecule has 5 heteroatoms. The summed E-state index contributed by atoms with van der Waals surface area (Å²) in [6, 6.07) is 0. The van der Waals surface area contributed by atoms with Crippen LogP contribution in [0.25, 0.3) is 0 Å². The van der Waals surface area contributed by atoms with Gasteiger partial charge in [0.2, 0.25) is 0 Å². The van der Waals surface area contributed by atoms with E-state index in [2.05, 4.69) is 30.1 Å². The molecule has 1 heterocycles. The Balaban J connectivity index is 1.82. The van der Waals surface area contributed by atoms with Crippen LogP contribution in [0, 0.1) is 0 Å². The van der Waals surface area contributed by atoms with Crippen molar-refractivity contribution in [1.29, 1.82) is 0 Å². The van der Waals surface area contributed by atoms with Gasteiger partial charge in [0.05, 0.1) is 5.75 Å². The second-order valence-electron chi connectivity index (χ2n) is 5.62. The van der Waals surface area contributed by atoms with Gasteiger partial charge in [-0.05, 0) is 50.3 Å². The highest BCUT2D eigenvalue weighted by atomic mass is 32.2. The van der Waals surface area contributed by atoms with Crippen LogP contribution >= 0.6 is 0 Å². The van der Waals surface area contributed by atoms with Crippen molar-refractivity contribution in [2.24, 2.45) is 0 Å². The van der Waals surface area contributed by atoms with E-state index in [4.69, 9.17) is 4.55 Å². The van der Waals surface area contributed by atoms with Crippen molar-refractivity contribution in [2.45, 2.75) is 32.6 Å². The number of nitrogens with zero attached hydrogens (tertiary/aromatic N) is 1. The van der Waals surface area contributed by atoms with Gasteiger partial charge in [-0.1, -0.05) is 23.8 Å². The Bertz CT molecular complexity index is 543. The van der Waals surface area contributed by atoms with E-state index in [1.54, 1.807) is 0 Å². The van der Waals surface area contributed by atoms with Gasteiger partial charge in [-0.3, -0.25) is 9.45 Å². The minimum absolute atomic E-state index is 0.144. The summed E-state index contributed by atoms with van der Waals surface area (Å²) >= 11 is 0. The summed E-state index contributed by atoms with van der Waals surface area (Å²) in [6.45, 7) is 4.74. The quantitative estimate of drug-likeness (QED) is 0.792. The van der Waals surface area contributed by atoms with Gasteiger partial charge in [0.1, 0.15) is 0 Å². The second-order valence-corrected chi connectivity index (χ2v) is 7.20. The molecule has 1 aliphatic heterocycles. The summed E-state index contributed by atoms with van der Waals surface area (Å²) in [4.78, 5) is 2.24. The molecule has 0 bridgehead atoms. The largest absolute Gasteiger partial charge is 0.299 e. The number of rotatable bonds is 5. The van der Waals surface area contributed by atoms with Crippen LogP contribution < -0.4 is 0 Å². The molecule has 2 rings (SSSR count). The van der Waals surface area contributed by atoms with Gasteiger partial charge in [0, 0.05) is 13.1 Å². The van der Waals surface area contributed by atoms with Gasteiger partial charge in [0.25, 0.3) is 10.1 Å². The first-order valence-corrected chi connectivity index (χ1v) is 8.78. The summed E-state index contributed by atoms with van der Waals surface area (Å²) in [6.07, 6.45) is 10.5. The van der Waals surface area contributed by atoms with Crippen molar-refractivity contribution in [1.82, 2.24) is 4.90 Å². The zero-order valence-corrected chi connectivity index (χ0v) is 12.8. The van der Waals surface area contributed by atoms with Crippen molar-refractivity contribution in [3.8, 4) is 0 Å². The maximum Gasteiger partial charge on any atom is 0.264 e.